The van der Waals surface area contributed by atoms with Gasteiger partial charge < -0.3 is 15.2 Å². The lowest BCUT2D eigenvalue weighted by Gasteiger charge is -2.71. The summed E-state index contributed by atoms with van der Waals surface area (Å²) < 4.78 is 5.75. The van der Waals surface area contributed by atoms with E-state index in [9.17, 15) is 14.7 Å². The van der Waals surface area contributed by atoms with Gasteiger partial charge in [-0.15, -0.1) is 0 Å². The zero-order chi connectivity index (χ0) is 27.0. The van der Waals surface area contributed by atoms with Crippen LogP contribution < -0.4 is 5.32 Å². The summed E-state index contributed by atoms with van der Waals surface area (Å²) in [6.45, 7) is 17.8. The molecule has 0 unspecified atom stereocenters. The van der Waals surface area contributed by atoms with Gasteiger partial charge in [-0.1, -0.05) is 27.7 Å². The third kappa shape index (κ3) is 3.86. The molecule has 0 radical (unpaired) electrons. The number of carboxylic acids is 1. The molecule has 0 aromatic carbocycles. The van der Waals surface area contributed by atoms with Gasteiger partial charge >= 0.3 is 11.9 Å². The minimum atomic E-state index is -0.665. The molecule has 5 fully saturated rings. The van der Waals surface area contributed by atoms with E-state index in [1.54, 1.807) is 0 Å². The molecule has 10 atom stereocenters. The topological polar surface area (TPSA) is 75.6 Å². The molecule has 37 heavy (non-hydrogen) atoms. The Morgan fingerprint density at radius 3 is 2.32 bits per heavy atom. The average Bonchev–Trinajstić information content (AvgIpc) is 3.14. The van der Waals surface area contributed by atoms with Gasteiger partial charge in [0.2, 0.25) is 0 Å². The maximum absolute atomic E-state index is 12.3. The Bertz CT molecular complexity index is 932. The molecule has 5 aliphatic rings. The van der Waals surface area contributed by atoms with Crippen LogP contribution in [0, 0.1) is 57.2 Å². The van der Waals surface area contributed by atoms with Crippen molar-refractivity contribution in [2.75, 3.05) is 13.2 Å². The second-order valence-electron chi connectivity index (χ2n) is 15.4. The summed E-state index contributed by atoms with van der Waals surface area (Å²) in [6, 6.07) is 0. The fourth-order valence-corrected chi connectivity index (χ4v) is 11.9. The molecular formula is C32H53NO4. The third-order valence-electron chi connectivity index (χ3n) is 13.9. The first-order chi connectivity index (χ1) is 17.2. The first kappa shape index (κ1) is 27.5. The van der Waals surface area contributed by atoms with Crippen molar-refractivity contribution in [3.8, 4) is 0 Å². The predicted molar refractivity (Wildman–Crippen MR) is 146 cm³/mol. The van der Waals surface area contributed by atoms with Gasteiger partial charge in [0.05, 0.1) is 12.5 Å². The summed E-state index contributed by atoms with van der Waals surface area (Å²) in [4.78, 5) is 24.2. The van der Waals surface area contributed by atoms with Crippen molar-refractivity contribution < 1.29 is 19.4 Å². The van der Waals surface area contributed by atoms with E-state index >= 15 is 0 Å². The van der Waals surface area contributed by atoms with Crippen LogP contribution in [-0.4, -0.2) is 35.7 Å². The number of nitrogens with one attached hydrogen (secondary N) is 1. The highest BCUT2D eigenvalue weighted by Gasteiger charge is 2.70. The van der Waals surface area contributed by atoms with Crippen LogP contribution in [0.4, 0.5) is 0 Å². The maximum atomic E-state index is 12.3. The molecule has 1 saturated heterocycles. The van der Waals surface area contributed by atoms with E-state index in [1.807, 2.05) is 6.92 Å². The zero-order valence-corrected chi connectivity index (χ0v) is 24.6. The number of hydrogen-bond donors (Lipinski definition) is 2. The van der Waals surface area contributed by atoms with Crippen LogP contribution in [0.1, 0.15) is 113 Å². The molecule has 1 aliphatic heterocycles. The van der Waals surface area contributed by atoms with Gasteiger partial charge in [-0.3, -0.25) is 9.59 Å². The van der Waals surface area contributed by atoms with Crippen LogP contribution in [0.3, 0.4) is 0 Å². The highest BCUT2D eigenvalue weighted by Crippen LogP contribution is 2.76. The Morgan fingerprint density at radius 1 is 0.919 bits per heavy atom. The predicted octanol–water partition coefficient (Wildman–Crippen LogP) is 6.69. The van der Waals surface area contributed by atoms with E-state index in [2.05, 4.69) is 39.9 Å². The molecule has 210 valence electrons. The van der Waals surface area contributed by atoms with Crippen molar-refractivity contribution in [1.82, 2.24) is 5.32 Å². The molecule has 5 heteroatoms. The molecule has 0 spiro atoms. The first-order valence-electron chi connectivity index (χ1n) is 15.3. The van der Waals surface area contributed by atoms with E-state index in [4.69, 9.17) is 4.74 Å². The number of carbonyl (C=O) groups is 2. The van der Waals surface area contributed by atoms with Gasteiger partial charge in [0.1, 0.15) is 0 Å². The number of aliphatic carboxylic acids is 1. The van der Waals surface area contributed by atoms with Crippen molar-refractivity contribution in [2.45, 2.75) is 118 Å². The molecule has 0 aromatic rings. The van der Waals surface area contributed by atoms with Crippen LogP contribution in [0.2, 0.25) is 0 Å². The molecule has 5 rings (SSSR count). The van der Waals surface area contributed by atoms with Crippen LogP contribution in [-0.2, 0) is 14.3 Å². The molecule has 5 nitrogen and oxygen atoms in total. The normalized spacial score (nSPS) is 49.4. The number of fused-ring (bicyclic) bond motifs is 7. The molecule has 0 aromatic heterocycles. The summed E-state index contributed by atoms with van der Waals surface area (Å²) in [5, 5.41) is 14.0. The number of rotatable bonds is 4. The van der Waals surface area contributed by atoms with Gasteiger partial charge in [-0.05, 0) is 130 Å². The van der Waals surface area contributed by atoms with Gasteiger partial charge in [-0.2, -0.15) is 0 Å². The summed E-state index contributed by atoms with van der Waals surface area (Å²) in [5.41, 5.74) is 0.906. The second-order valence-corrected chi connectivity index (χ2v) is 15.4. The van der Waals surface area contributed by atoms with Crippen molar-refractivity contribution >= 4 is 11.9 Å². The third-order valence-corrected chi connectivity index (χ3v) is 13.9. The Hall–Kier alpha value is -1.10. The van der Waals surface area contributed by atoms with Crippen LogP contribution >= 0.6 is 0 Å². The lowest BCUT2D eigenvalue weighted by molar-refractivity contribution is -0.230. The van der Waals surface area contributed by atoms with E-state index in [1.165, 1.54) is 51.9 Å². The minimum Gasteiger partial charge on any atom is -0.481 e. The maximum Gasteiger partial charge on any atom is 0.306 e. The van der Waals surface area contributed by atoms with Crippen molar-refractivity contribution in [1.29, 1.82) is 0 Å². The molecule has 0 bridgehead atoms. The Balaban J connectivity index is 1.54. The average molecular weight is 516 g/mol. The lowest BCUT2D eigenvalue weighted by atomic mass is 9.33. The quantitative estimate of drug-likeness (QED) is 0.408. The largest absolute Gasteiger partial charge is 0.481 e. The second kappa shape index (κ2) is 8.96. The number of esters is 1. The first-order valence-corrected chi connectivity index (χ1v) is 15.3. The van der Waals surface area contributed by atoms with E-state index in [-0.39, 0.29) is 39.6 Å². The summed E-state index contributed by atoms with van der Waals surface area (Å²) in [7, 11) is 0. The van der Waals surface area contributed by atoms with E-state index < -0.39 is 5.97 Å². The van der Waals surface area contributed by atoms with Gasteiger partial charge in [0, 0.05) is 17.9 Å². The van der Waals surface area contributed by atoms with E-state index in [0.717, 1.165) is 25.8 Å². The number of carbonyl (C=O) groups excluding carboxylic acids is 1. The molecular weight excluding hydrogens is 462 g/mol. The number of ether oxygens (including phenoxy) is 1. The van der Waals surface area contributed by atoms with Crippen molar-refractivity contribution in [2.24, 2.45) is 57.2 Å². The monoisotopic (exact) mass is 515 g/mol. The van der Waals surface area contributed by atoms with Gasteiger partial charge in [-0.25, -0.2) is 0 Å². The molecule has 4 saturated carbocycles. The highest BCUT2D eigenvalue weighted by molar-refractivity contribution is 5.70. The fraction of sp³-hybridized carbons (Fsp3) is 0.938. The standard InChI is InChI=1S/C32H53NO4/c1-20(27(35)36)22-11-15-32(19-37-21(2)34)17-16-30(6)23(26(22)32)9-10-25-29(5)13-8-18-33-28(3,4)24(29)12-14-31(25,30)7/h20,22-26,33H,8-19H2,1-7H3,(H,35,36)/t20-,22+,23-,24+,25-,26-,29+,30-,31-,32-/m1/s1. The number of hydrogen-bond acceptors (Lipinski definition) is 4. The van der Waals surface area contributed by atoms with Gasteiger partial charge in [0.25, 0.3) is 0 Å². The van der Waals surface area contributed by atoms with Crippen LogP contribution in [0.5, 0.6) is 0 Å². The SMILES string of the molecule is CC(=O)OC[C@]12CC[C@@H]([C@@H](C)C(=O)O)[C@@H]1[C@H]1CC[C@@H]3[C@@]4(C)CCCNC(C)(C)[C@@H]4CC[C@@]3(C)[C@]1(C)CC2. The summed E-state index contributed by atoms with van der Waals surface area (Å²) in [5.74, 6) is 1.18. The summed E-state index contributed by atoms with van der Waals surface area (Å²) >= 11 is 0. The van der Waals surface area contributed by atoms with Crippen molar-refractivity contribution in [3.63, 3.8) is 0 Å². The highest BCUT2D eigenvalue weighted by atomic mass is 16.5. The van der Waals surface area contributed by atoms with Crippen molar-refractivity contribution in [3.05, 3.63) is 0 Å². The molecule has 0 amide bonds. The molecule has 4 aliphatic carbocycles. The smallest absolute Gasteiger partial charge is 0.306 e. The van der Waals surface area contributed by atoms with Crippen LogP contribution in [0.15, 0.2) is 0 Å². The molecule has 1 heterocycles. The minimum absolute atomic E-state index is 0.0528. The van der Waals surface area contributed by atoms with E-state index in [0.29, 0.717) is 35.7 Å². The summed E-state index contributed by atoms with van der Waals surface area (Å²) in [6.07, 6.45) is 11.8. The zero-order valence-electron chi connectivity index (χ0n) is 24.6. The lowest BCUT2D eigenvalue weighted by Crippen LogP contribution is -2.66. The fourth-order valence-electron chi connectivity index (χ4n) is 11.9. The Labute approximate surface area is 225 Å². The molecule has 2 N–H and O–H groups in total. The number of carboxylic acid groups (broad SMARTS) is 1. The van der Waals surface area contributed by atoms with Crippen LogP contribution in [0.25, 0.3) is 0 Å². The van der Waals surface area contributed by atoms with Gasteiger partial charge in [0.15, 0.2) is 0 Å². The Kier molecular flexibility index (Phi) is 6.65. The Morgan fingerprint density at radius 2 is 1.65 bits per heavy atom.